The fourth-order valence-electron chi connectivity index (χ4n) is 12.3. The molecule has 0 amide bonds. The van der Waals surface area contributed by atoms with Gasteiger partial charge in [0, 0.05) is 22.0 Å². The van der Waals surface area contributed by atoms with Gasteiger partial charge in [-0.05, 0) is 121 Å². The number of benzene rings is 1. The molecular formula is C37H51NO3. The molecule has 1 aromatic heterocycles. The number of carbonyl (C=O) groups is 1. The zero-order chi connectivity index (χ0) is 29.3. The Hall–Kier alpha value is -2.23. The molecule has 9 atom stereocenters. The maximum absolute atomic E-state index is 13.0. The summed E-state index contributed by atoms with van der Waals surface area (Å²) in [7, 11) is 1.76. The summed E-state index contributed by atoms with van der Waals surface area (Å²) in [6, 6.07) is 6.51. The molecule has 0 spiro atoms. The van der Waals surface area contributed by atoms with Crippen molar-refractivity contribution in [2.45, 2.75) is 105 Å². The second-order valence-electron chi connectivity index (χ2n) is 16.4. The van der Waals surface area contributed by atoms with Gasteiger partial charge in [0.1, 0.15) is 5.75 Å². The fourth-order valence-corrected chi connectivity index (χ4v) is 12.3. The predicted octanol–water partition coefficient (Wildman–Crippen LogP) is 8.93. The molecule has 3 saturated carbocycles. The lowest BCUT2D eigenvalue weighted by atomic mass is 9.33. The molecule has 41 heavy (non-hydrogen) atoms. The van der Waals surface area contributed by atoms with Crippen molar-refractivity contribution in [2.24, 2.45) is 51.2 Å². The van der Waals surface area contributed by atoms with Gasteiger partial charge < -0.3 is 14.8 Å². The number of ether oxygens (including phenoxy) is 1. The number of hydrogen-bond donors (Lipinski definition) is 2. The van der Waals surface area contributed by atoms with E-state index >= 15 is 0 Å². The van der Waals surface area contributed by atoms with Gasteiger partial charge in [0.25, 0.3) is 0 Å². The number of carboxylic acid groups (broad SMARTS) is 1. The minimum absolute atomic E-state index is 0.0483. The maximum atomic E-state index is 13.0. The Morgan fingerprint density at radius 1 is 1.00 bits per heavy atom. The van der Waals surface area contributed by atoms with Gasteiger partial charge in [-0.25, -0.2) is 0 Å². The first-order chi connectivity index (χ1) is 19.2. The summed E-state index contributed by atoms with van der Waals surface area (Å²) in [4.78, 5) is 16.9. The van der Waals surface area contributed by atoms with Crippen molar-refractivity contribution >= 4 is 16.9 Å². The van der Waals surface area contributed by atoms with E-state index in [0.29, 0.717) is 23.7 Å². The molecule has 0 unspecified atom stereocenters. The van der Waals surface area contributed by atoms with Crippen molar-refractivity contribution in [3.63, 3.8) is 0 Å². The Morgan fingerprint density at radius 2 is 1.76 bits per heavy atom. The molecule has 2 N–H and O–H groups in total. The molecule has 0 bridgehead atoms. The lowest BCUT2D eigenvalue weighted by molar-refractivity contribution is -0.179. The van der Waals surface area contributed by atoms with Crippen molar-refractivity contribution in [3.8, 4) is 5.75 Å². The number of aromatic amines is 1. The molecule has 222 valence electrons. The molecule has 4 heteroatoms. The number of hydrogen-bond acceptors (Lipinski definition) is 2. The Labute approximate surface area is 246 Å². The Kier molecular flexibility index (Phi) is 5.68. The van der Waals surface area contributed by atoms with Crippen LogP contribution < -0.4 is 4.74 Å². The van der Waals surface area contributed by atoms with Gasteiger partial charge >= 0.3 is 5.97 Å². The van der Waals surface area contributed by atoms with Gasteiger partial charge in [-0.2, -0.15) is 0 Å². The van der Waals surface area contributed by atoms with Crippen LogP contribution in [0.2, 0.25) is 0 Å². The van der Waals surface area contributed by atoms with E-state index in [9.17, 15) is 9.90 Å². The molecule has 5 aliphatic rings. The molecular weight excluding hydrogens is 506 g/mol. The van der Waals surface area contributed by atoms with E-state index < -0.39 is 11.4 Å². The number of fused-ring (bicyclic) bond motifs is 10. The maximum Gasteiger partial charge on any atom is 0.310 e. The van der Waals surface area contributed by atoms with Crippen molar-refractivity contribution in [3.05, 3.63) is 41.1 Å². The Morgan fingerprint density at radius 3 is 2.46 bits per heavy atom. The highest BCUT2D eigenvalue weighted by molar-refractivity contribution is 5.87. The van der Waals surface area contributed by atoms with E-state index in [2.05, 4.69) is 77.7 Å². The third kappa shape index (κ3) is 3.21. The summed E-state index contributed by atoms with van der Waals surface area (Å²) in [5.41, 5.74) is 5.53. The van der Waals surface area contributed by atoms with Crippen LogP contribution in [0.25, 0.3) is 10.9 Å². The molecule has 0 radical (unpaired) electrons. The number of H-pyrrole nitrogens is 1. The molecule has 0 saturated heterocycles. The number of aliphatic carboxylic acids is 1. The highest BCUT2D eigenvalue weighted by Gasteiger charge is 2.69. The molecule has 5 aliphatic carbocycles. The standard InChI is InChI=1S/C37H51NO3/c1-21-13-16-37(32(39)40)18-17-35(6)26(30(37)22(21)2)10-12-29-34(5)20-25-24-19-23(41-8)9-11-27(24)38-31(25)33(3,4)28(34)14-15-36(29,35)7/h9-11,19,21-22,28-30,38H,12-18,20H2,1-8H3,(H,39,40)/t21-,22+,28+,29-,30+,34+,35-,36-,37+/m1/s1. The summed E-state index contributed by atoms with van der Waals surface area (Å²) in [6.45, 7) is 17.5. The summed E-state index contributed by atoms with van der Waals surface area (Å²) >= 11 is 0. The quantitative estimate of drug-likeness (QED) is 0.362. The van der Waals surface area contributed by atoms with Crippen LogP contribution in [0.4, 0.5) is 0 Å². The fraction of sp³-hybridized carbons (Fsp3) is 0.703. The van der Waals surface area contributed by atoms with Crippen LogP contribution in [-0.4, -0.2) is 23.2 Å². The number of carboxylic acids is 1. The van der Waals surface area contributed by atoms with E-state index in [1.807, 2.05) is 0 Å². The Bertz CT molecular complexity index is 1470. The van der Waals surface area contributed by atoms with Crippen LogP contribution in [0.15, 0.2) is 29.8 Å². The van der Waals surface area contributed by atoms with Crippen molar-refractivity contribution < 1.29 is 14.6 Å². The van der Waals surface area contributed by atoms with Crippen LogP contribution in [0.1, 0.15) is 105 Å². The van der Waals surface area contributed by atoms with E-state index in [4.69, 9.17) is 4.74 Å². The first-order valence-corrected chi connectivity index (χ1v) is 16.4. The molecule has 1 heterocycles. The van der Waals surface area contributed by atoms with Crippen LogP contribution >= 0.6 is 0 Å². The highest BCUT2D eigenvalue weighted by atomic mass is 16.5. The topological polar surface area (TPSA) is 62.3 Å². The second kappa shape index (κ2) is 8.44. The molecule has 3 fully saturated rings. The van der Waals surface area contributed by atoms with Gasteiger partial charge in [0.15, 0.2) is 0 Å². The molecule has 0 aliphatic heterocycles. The predicted molar refractivity (Wildman–Crippen MR) is 165 cm³/mol. The number of aromatic nitrogens is 1. The Balaban J connectivity index is 1.37. The zero-order valence-corrected chi connectivity index (χ0v) is 26.6. The van der Waals surface area contributed by atoms with Gasteiger partial charge in [-0.1, -0.05) is 60.1 Å². The van der Waals surface area contributed by atoms with E-state index in [-0.39, 0.29) is 27.6 Å². The normalized spacial score (nSPS) is 44.5. The zero-order valence-electron chi connectivity index (χ0n) is 26.6. The average molecular weight is 558 g/mol. The van der Waals surface area contributed by atoms with Crippen LogP contribution in [0.3, 0.4) is 0 Å². The lowest BCUT2D eigenvalue weighted by Gasteiger charge is -2.70. The first-order valence-electron chi connectivity index (χ1n) is 16.4. The monoisotopic (exact) mass is 557 g/mol. The first kappa shape index (κ1) is 27.6. The molecule has 2 aromatic rings. The number of methoxy groups -OCH3 is 1. The average Bonchev–Trinajstić information content (AvgIpc) is 3.29. The largest absolute Gasteiger partial charge is 0.497 e. The smallest absolute Gasteiger partial charge is 0.310 e. The SMILES string of the molecule is COc1ccc2[nH]c3c(c2c1)C[C@]1(C)[C@H]2CC=C4[C@@H]5[C@@H](C)[C@H](C)CC[C@]5(C(=O)O)CC[C@@]4(C)[C@]2(C)CC[C@H]1C3(C)C. The summed E-state index contributed by atoms with van der Waals surface area (Å²) in [5, 5.41) is 12.0. The van der Waals surface area contributed by atoms with Gasteiger partial charge in [-0.15, -0.1) is 0 Å². The van der Waals surface area contributed by atoms with E-state index in [1.54, 1.807) is 7.11 Å². The van der Waals surface area contributed by atoms with Crippen LogP contribution in [-0.2, 0) is 16.6 Å². The molecule has 1 aromatic carbocycles. The summed E-state index contributed by atoms with van der Waals surface area (Å²) in [6.07, 6.45) is 11.0. The van der Waals surface area contributed by atoms with E-state index in [0.717, 1.165) is 44.3 Å². The highest BCUT2D eigenvalue weighted by Crippen LogP contribution is 2.75. The minimum Gasteiger partial charge on any atom is -0.497 e. The van der Waals surface area contributed by atoms with Crippen LogP contribution in [0.5, 0.6) is 5.75 Å². The van der Waals surface area contributed by atoms with E-state index in [1.165, 1.54) is 40.6 Å². The lowest BCUT2D eigenvalue weighted by Crippen LogP contribution is -2.65. The molecule has 7 rings (SSSR count). The number of rotatable bonds is 2. The van der Waals surface area contributed by atoms with Crippen molar-refractivity contribution in [1.29, 1.82) is 0 Å². The number of allylic oxidation sites excluding steroid dienone is 2. The molecule has 4 nitrogen and oxygen atoms in total. The summed E-state index contributed by atoms with van der Waals surface area (Å²) < 4.78 is 5.66. The third-order valence-electron chi connectivity index (χ3n) is 14.9. The number of nitrogens with one attached hydrogen (secondary N) is 1. The van der Waals surface area contributed by atoms with Crippen molar-refractivity contribution in [1.82, 2.24) is 4.98 Å². The van der Waals surface area contributed by atoms with Gasteiger partial charge in [0.2, 0.25) is 0 Å². The van der Waals surface area contributed by atoms with Gasteiger partial charge in [-0.3, -0.25) is 4.79 Å². The third-order valence-corrected chi connectivity index (χ3v) is 14.9. The van der Waals surface area contributed by atoms with Crippen LogP contribution in [0, 0.1) is 51.2 Å². The second-order valence-corrected chi connectivity index (χ2v) is 16.4. The van der Waals surface area contributed by atoms with Crippen molar-refractivity contribution in [2.75, 3.05) is 7.11 Å². The van der Waals surface area contributed by atoms with Gasteiger partial charge in [0.05, 0.1) is 12.5 Å². The summed E-state index contributed by atoms with van der Waals surface area (Å²) in [5.74, 6) is 2.71. The minimum atomic E-state index is -0.577.